The van der Waals surface area contributed by atoms with Crippen molar-refractivity contribution < 1.29 is 57.5 Å². The topological polar surface area (TPSA) is 169 Å². The number of ether oxygens (including phenoxy) is 6. The number of phenolic OH excluding ortho intramolecular Hbond substituents is 2. The molecule has 0 aliphatic carbocycles. The fourth-order valence-electron chi connectivity index (χ4n) is 9.64. The molecule has 7 aliphatic heterocycles. The smallest absolute Gasteiger partial charge is 0.331 e. The first kappa shape index (κ1) is 30.9. The molecule has 7 aliphatic rings. The normalized spacial score (nSPS) is 31.7. The summed E-state index contributed by atoms with van der Waals surface area (Å²) in [5.74, 6) is -0.439. The number of hydrogen-bond donors (Lipinski definition) is 4. The summed E-state index contributed by atoms with van der Waals surface area (Å²) in [4.78, 5) is 31.9. The maximum Gasteiger partial charge on any atom is 0.331 e. The van der Waals surface area contributed by atoms with Gasteiger partial charge in [-0.1, -0.05) is 6.07 Å². The standard InChI is InChI=1S/C39H43N3O11S/c1-16-9-20-10-22-37(46)42-23-13-50-38(47)39(21-12-25(48-5)24(44)11-19(21)7-8-40-39)14-54-36(30(42)29(41(22)4)26(20)31(45)32(16)49-6)28-27(23)35-34(51-15-52-35)17(2)33(28)53-18(3)43/h9,11-12,22-23,29-30,36-37,40,44-46H,7-8,10,13-15H2,1-6H3/t22-,23-,29+,30+,36+,37-,39+/m0/s1/i7D2/hD2. The number of nitrogens with zero attached hydrogens (tertiary/aromatic N) is 2. The number of aliphatic hydroxyl groups excluding tert-OH is 1. The lowest BCUT2D eigenvalue weighted by molar-refractivity contribution is -0.186. The van der Waals surface area contributed by atoms with E-state index in [0.29, 0.717) is 45.9 Å². The number of carbonyl (C=O) groups is 2. The quantitative estimate of drug-likeness (QED) is 0.225. The molecule has 3 aromatic carbocycles. The molecule has 4 bridgehead atoms. The van der Waals surface area contributed by atoms with E-state index in [1.54, 1.807) is 6.92 Å². The number of fused-ring (bicyclic) bond motifs is 9. The first-order valence-electron chi connectivity index (χ1n) is 19.6. The van der Waals surface area contributed by atoms with Crippen LogP contribution in [-0.4, -0.2) is 104 Å². The Bertz CT molecular complexity index is 2280. The second-order valence-corrected chi connectivity index (χ2v) is 15.7. The van der Waals surface area contributed by atoms with Crippen LogP contribution in [0.5, 0.6) is 40.2 Å². The van der Waals surface area contributed by atoms with Gasteiger partial charge >= 0.3 is 11.9 Å². The van der Waals surface area contributed by atoms with Gasteiger partial charge in [0.05, 0.1) is 37.6 Å². The maximum atomic E-state index is 14.9. The molecule has 4 N–H and O–H groups in total. The zero-order valence-electron chi connectivity index (χ0n) is 34.6. The Labute approximate surface area is 322 Å². The van der Waals surface area contributed by atoms with Gasteiger partial charge in [0, 0.05) is 50.3 Å². The van der Waals surface area contributed by atoms with Crippen molar-refractivity contribution >= 4 is 23.7 Å². The number of aryl methyl sites for hydroxylation is 1. The molecule has 0 amide bonds. The molecule has 0 unspecified atom stereocenters. The highest BCUT2D eigenvalue weighted by Crippen LogP contribution is 2.64. The molecule has 54 heavy (non-hydrogen) atoms. The first-order valence-corrected chi connectivity index (χ1v) is 18.8. The predicted octanol–water partition coefficient (Wildman–Crippen LogP) is 3.41. The number of nitrogens with one attached hydrogen (secondary N) is 1. The van der Waals surface area contributed by atoms with Gasteiger partial charge in [0.1, 0.15) is 20.0 Å². The van der Waals surface area contributed by atoms with E-state index in [1.807, 2.05) is 29.8 Å². The van der Waals surface area contributed by atoms with Gasteiger partial charge in [-0.25, -0.2) is 4.79 Å². The van der Waals surface area contributed by atoms with Crippen LogP contribution in [0.4, 0.5) is 0 Å². The third kappa shape index (κ3) is 4.74. The minimum atomic E-state index is -2.16. The molecule has 286 valence electrons. The van der Waals surface area contributed by atoms with Gasteiger partial charge in [0.15, 0.2) is 40.0 Å². The molecule has 10 rings (SSSR count). The Morgan fingerprint density at radius 2 is 1.91 bits per heavy atom. The molecular weight excluding hydrogens is 719 g/mol. The number of esters is 2. The van der Waals surface area contributed by atoms with Crippen LogP contribution in [0.25, 0.3) is 0 Å². The van der Waals surface area contributed by atoms with Crippen LogP contribution in [0.1, 0.15) is 71.5 Å². The van der Waals surface area contributed by atoms with Crippen LogP contribution in [-0.2, 0) is 32.7 Å². The number of thioether (sulfide) groups is 1. The van der Waals surface area contributed by atoms with E-state index in [-0.39, 0.29) is 53.3 Å². The second-order valence-electron chi connectivity index (χ2n) is 14.6. The Morgan fingerprint density at radius 1 is 1.11 bits per heavy atom. The molecule has 7 heterocycles. The summed E-state index contributed by atoms with van der Waals surface area (Å²) in [5, 5.41) is 29.6. The van der Waals surface area contributed by atoms with Gasteiger partial charge in [-0.15, -0.1) is 11.8 Å². The summed E-state index contributed by atoms with van der Waals surface area (Å²) in [6.07, 6.45) is -2.92. The van der Waals surface area contributed by atoms with Crippen LogP contribution in [0, 0.1) is 13.8 Å². The minimum Gasteiger partial charge on any atom is -0.504 e. The fraction of sp³-hybridized carbons (Fsp3) is 0.487. The molecule has 0 radical (unpaired) electrons. The summed E-state index contributed by atoms with van der Waals surface area (Å²) >= 11 is 1.25. The number of methoxy groups -OCH3 is 2. The molecule has 15 heteroatoms. The van der Waals surface area contributed by atoms with Crippen molar-refractivity contribution in [3.63, 3.8) is 0 Å². The van der Waals surface area contributed by atoms with Gasteiger partial charge in [0.2, 0.25) is 6.79 Å². The summed E-state index contributed by atoms with van der Waals surface area (Å²) in [6.45, 7) is 3.87. The molecule has 0 saturated carbocycles. The monoisotopic (exact) mass is 765 g/mol. The summed E-state index contributed by atoms with van der Waals surface area (Å²) < 4.78 is 70.8. The van der Waals surface area contributed by atoms with Gasteiger partial charge < -0.3 is 43.7 Å². The lowest BCUT2D eigenvalue weighted by Crippen LogP contribution is -2.70. The van der Waals surface area contributed by atoms with Gasteiger partial charge in [-0.3, -0.25) is 19.9 Å². The van der Waals surface area contributed by atoms with Crippen molar-refractivity contribution in [2.75, 3.05) is 47.0 Å². The summed E-state index contributed by atoms with van der Waals surface area (Å²) in [7, 11) is 4.74. The Hall–Kier alpha value is -4.41. The van der Waals surface area contributed by atoms with E-state index in [0.717, 1.165) is 16.4 Å². The van der Waals surface area contributed by atoms with Crippen LogP contribution in [0.3, 0.4) is 0 Å². The van der Waals surface area contributed by atoms with Crippen molar-refractivity contribution in [1.82, 2.24) is 15.1 Å². The maximum absolute atomic E-state index is 14.9. The van der Waals surface area contributed by atoms with Crippen LogP contribution in [0.2, 0.25) is 1.41 Å². The lowest BCUT2D eigenvalue weighted by Gasteiger charge is -2.62. The van der Waals surface area contributed by atoms with E-state index in [9.17, 15) is 21.2 Å². The number of rotatable bonds is 4. The zero-order chi connectivity index (χ0) is 41.3. The van der Waals surface area contributed by atoms with Gasteiger partial charge in [-0.2, -0.15) is 0 Å². The fourth-order valence-corrected chi connectivity index (χ4v) is 11.3. The molecule has 7 atom stereocenters. The number of carbonyl (C=O) groups excluding carboxylic acids is 2. The van der Waals surface area contributed by atoms with Crippen LogP contribution >= 0.6 is 11.8 Å². The Balaban J connectivity index is 1.33. The molecule has 0 aromatic heterocycles. The van der Waals surface area contributed by atoms with E-state index in [2.05, 4.69) is 0 Å². The van der Waals surface area contributed by atoms with Crippen molar-refractivity contribution in [1.29, 1.82) is 1.43 Å². The van der Waals surface area contributed by atoms with Crippen LogP contribution in [0.15, 0.2) is 18.2 Å². The van der Waals surface area contributed by atoms with E-state index >= 15 is 0 Å². The number of phenols is 2. The highest BCUT2D eigenvalue weighted by Gasteiger charge is 2.61. The summed E-state index contributed by atoms with van der Waals surface area (Å²) in [6, 6.07) is 1.97. The van der Waals surface area contributed by atoms with Gasteiger partial charge in [0.25, 0.3) is 1.43 Å². The lowest BCUT2D eigenvalue weighted by atomic mass is 9.73. The Morgan fingerprint density at radius 3 is 2.65 bits per heavy atom. The van der Waals surface area contributed by atoms with E-state index in [1.165, 1.54) is 45.0 Å². The van der Waals surface area contributed by atoms with E-state index < -0.39 is 66.0 Å². The molecule has 2 fully saturated rings. The number of benzene rings is 3. The zero-order valence-corrected chi connectivity index (χ0v) is 31.4. The molecule has 1 spiro atoms. The highest BCUT2D eigenvalue weighted by molar-refractivity contribution is 7.99. The first-order chi connectivity index (χ1) is 27.6. The summed E-state index contributed by atoms with van der Waals surface area (Å²) in [5.41, 5.74) is 1.94. The third-order valence-corrected chi connectivity index (χ3v) is 13.4. The van der Waals surface area contributed by atoms with Crippen molar-refractivity contribution in [2.45, 2.75) is 74.7 Å². The third-order valence-electron chi connectivity index (χ3n) is 11.9. The second kappa shape index (κ2) is 12.6. The van der Waals surface area contributed by atoms with E-state index in [4.69, 9.17) is 37.7 Å². The van der Waals surface area contributed by atoms with Crippen molar-refractivity contribution in [3.8, 4) is 40.2 Å². The van der Waals surface area contributed by atoms with Crippen LogP contribution < -0.4 is 29.0 Å². The number of aromatic hydroxyl groups is 2. The SMILES string of the molecule is [2H]Oc1cc2c(cc1OC)[C@@]1(CS[C@@H]3c4c(OC(C)=O)c(C)c5c(c4[C@H](COC1=O)N1[C@@H]3[C@H]3c4c(cc(C)c(OC)c4O)C[C@@H]([C@@H]1O)N3C)OCO5)N([2H])CC2([2H])[2H]. The average molecular weight is 766 g/mol. The van der Waals surface area contributed by atoms with Crippen molar-refractivity contribution in [2.24, 2.45) is 0 Å². The Kier molecular flexibility index (Phi) is 7.18. The molecule has 14 nitrogen and oxygen atoms in total. The molecule has 2 saturated heterocycles. The highest BCUT2D eigenvalue weighted by atomic mass is 32.2. The number of likely N-dealkylation sites (N-methyl/N-ethyl adjacent to an activating group) is 1. The molecular formula is C39H43N3O11S. The largest absolute Gasteiger partial charge is 0.504 e. The minimum absolute atomic E-state index is 0.0323. The van der Waals surface area contributed by atoms with Crippen molar-refractivity contribution in [3.05, 3.63) is 62.7 Å². The number of hydrogen-bond acceptors (Lipinski definition) is 15. The molecule has 3 aromatic rings. The number of aliphatic hydroxyl groups is 1. The average Bonchev–Trinajstić information content (AvgIpc) is 3.67. The van der Waals surface area contributed by atoms with Gasteiger partial charge in [-0.05, 0) is 68.1 Å². The predicted molar refractivity (Wildman–Crippen MR) is 195 cm³/mol. The number of piperazine rings is 1.